The Balaban J connectivity index is 1.69. The van der Waals surface area contributed by atoms with E-state index < -0.39 is 11.3 Å². The number of fused-ring (bicyclic) bond motifs is 1. The van der Waals surface area contributed by atoms with E-state index in [1.807, 2.05) is 13.0 Å². The second kappa shape index (κ2) is 7.81. The molecule has 0 saturated heterocycles. The van der Waals surface area contributed by atoms with Crippen LogP contribution in [0.15, 0.2) is 50.2 Å². The SMILES string of the molecule is COc1ccc(-c2nonc2NC(=O)c2cc(=O)c3cc(Cl)cc(Cl)c3o2)c(C)c1. The molecule has 0 saturated carbocycles. The normalized spacial score (nSPS) is 10.9. The summed E-state index contributed by atoms with van der Waals surface area (Å²) >= 11 is 12.0. The Morgan fingerprint density at radius 2 is 1.93 bits per heavy atom. The highest BCUT2D eigenvalue weighted by Gasteiger charge is 2.20. The van der Waals surface area contributed by atoms with E-state index in [0.29, 0.717) is 17.0 Å². The summed E-state index contributed by atoms with van der Waals surface area (Å²) in [6.07, 6.45) is 0. The quantitative estimate of drug-likeness (QED) is 0.483. The molecular weight excluding hydrogens is 433 g/mol. The van der Waals surface area contributed by atoms with E-state index in [2.05, 4.69) is 15.6 Å². The van der Waals surface area contributed by atoms with E-state index in [4.69, 9.17) is 37.0 Å². The molecule has 0 atom stereocenters. The fourth-order valence-corrected chi connectivity index (χ4v) is 3.47. The number of amides is 1. The number of hydrogen-bond acceptors (Lipinski definition) is 7. The van der Waals surface area contributed by atoms with Crippen molar-refractivity contribution in [3.63, 3.8) is 0 Å². The number of benzene rings is 2. The highest BCUT2D eigenvalue weighted by atomic mass is 35.5. The number of hydrogen-bond donors (Lipinski definition) is 1. The van der Waals surface area contributed by atoms with Crippen molar-refractivity contribution >= 4 is 45.9 Å². The maximum absolute atomic E-state index is 12.7. The first-order valence-corrected chi connectivity index (χ1v) is 9.35. The van der Waals surface area contributed by atoms with Crippen LogP contribution in [0, 0.1) is 6.92 Å². The molecule has 1 amide bonds. The van der Waals surface area contributed by atoms with Crippen molar-refractivity contribution in [2.24, 2.45) is 0 Å². The van der Waals surface area contributed by atoms with Gasteiger partial charge in [-0.1, -0.05) is 23.2 Å². The lowest BCUT2D eigenvalue weighted by Crippen LogP contribution is -2.16. The smallest absolute Gasteiger partial charge is 0.292 e. The lowest BCUT2D eigenvalue weighted by atomic mass is 10.1. The van der Waals surface area contributed by atoms with E-state index in [-0.39, 0.29) is 32.6 Å². The van der Waals surface area contributed by atoms with Gasteiger partial charge in [0.25, 0.3) is 5.91 Å². The second-order valence-electron chi connectivity index (χ2n) is 6.34. The Kier molecular flexibility index (Phi) is 5.19. The van der Waals surface area contributed by atoms with Crippen molar-refractivity contribution in [2.75, 3.05) is 12.4 Å². The summed E-state index contributed by atoms with van der Waals surface area (Å²) in [7, 11) is 1.56. The standard InChI is InChI=1S/C20H13Cl2N3O5/c1-9-5-11(28-2)3-4-12(9)17-19(25-30-24-17)23-20(27)16-8-15(26)13-6-10(21)7-14(22)18(13)29-16/h3-8H,1-2H3,(H,23,25,27). The molecule has 0 aliphatic carbocycles. The molecule has 0 bridgehead atoms. The number of methoxy groups -OCH3 is 1. The fourth-order valence-electron chi connectivity index (χ4n) is 2.94. The van der Waals surface area contributed by atoms with Crippen molar-refractivity contribution in [1.29, 1.82) is 0 Å². The van der Waals surface area contributed by atoms with Gasteiger partial charge < -0.3 is 9.15 Å². The molecule has 2 aromatic heterocycles. The Bertz CT molecular complexity index is 1350. The van der Waals surface area contributed by atoms with E-state index in [9.17, 15) is 9.59 Å². The summed E-state index contributed by atoms with van der Waals surface area (Å²) in [4.78, 5) is 25.1. The van der Waals surface area contributed by atoms with E-state index >= 15 is 0 Å². The largest absolute Gasteiger partial charge is 0.497 e. The minimum absolute atomic E-state index is 0.0585. The summed E-state index contributed by atoms with van der Waals surface area (Å²) in [5, 5.41) is 10.7. The van der Waals surface area contributed by atoms with Gasteiger partial charge in [-0.2, -0.15) is 0 Å². The molecule has 4 aromatic rings. The maximum Gasteiger partial charge on any atom is 0.292 e. The summed E-state index contributed by atoms with van der Waals surface area (Å²) < 4.78 is 15.5. The predicted molar refractivity (Wildman–Crippen MR) is 111 cm³/mol. The lowest BCUT2D eigenvalue weighted by molar-refractivity contribution is 0.0996. The van der Waals surface area contributed by atoms with E-state index in [1.54, 1.807) is 19.2 Å². The first kappa shape index (κ1) is 19.9. The third-order valence-electron chi connectivity index (χ3n) is 4.38. The van der Waals surface area contributed by atoms with Gasteiger partial charge in [0.15, 0.2) is 22.5 Å². The van der Waals surface area contributed by atoms with Gasteiger partial charge in [-0.3, -0.25) is 14.9 Å². The zero-order valence-corrected chi connectivity index (χ0v) is 17.2. The molecule has 30 heavy (non-hydrogen) atoms. The minimum Gasteiger partial charge on any atom is -0.497 e. The number of rotatable bonds is 4. The summed E-state index contributed by atoms with van der Waals surface area (Å²) in [5.41, 5.74) is 1.43. The highest BCUT2D eigenvalue weighted by molar-refractivity contribution is 6.38. The Morgan fingerprint density at radius 3 is 2.67 bits per heavy atom. The van der Waals surface area contributed by atoms with Crippen LogP contribution in [0.4, 0.5) is 5.82 Å². The van der Waals surface area contributed by atoms with Crippen LogP contribution in [0.2, 0.25) is 10.0 Å². The predicted octanol–water partition coefficient (Wildman–Crippen LogP) is 4.72. The van der Waals surface area contributed by atoms with Crippen LogP contribution in [-0.2, 0) is 0 Å². The molecule has 0 aliphatic heterocycles. The first-order chi connectivity index (χ1) is 14.4. The molecule has 152 valence electrons. The molecule has 1 N–H and O–H groups in total. The molecular formula is C20H13Cl2N3O5. The zero-order chi connectivity index (χ0) is 21.4. The number of aromatic nitrogens is 2. The van der Waals surface area contributed by atoms with Crippen LogP contribution in [-0.4, -0.2) is 23.3 Å². The van der Waals surface area contributed by atoms with Crippen molar-refractivity contribution < 1.29 is 18.6 Å². The average Bonchev–Trinajstić information content (AvgIpc) is 3.16. The van der Waals surface area contributed by atoms with Gasteiger partial charge in [0.1, 0.15) is 5.75 Å². The number of aryl methyl sites for hydroxylation is 1. The molecule has 4 rings (SSSR count). The number of nitrogens with one attached hydrogen (secondary N) is 1. The van der Waals surface area contributed by atoms with Gasteiger partial charge in [-0.05, 0) is 53.1 Å². The number of carbonyl (C=O) groups excluding carboxylic acids is 1. The van der Waals surface area contributed by atoms with Gasteiger partial charge in [0.05, 0.1) is 17.5 Å². The summed E-state index contributed by atoms with van der Waals surface area (Å²) in [5.74, 6) is -0.230. The topological polar surface area (TPSA) is 107 Å². The van der Waals surface area contributed by atoms with Gasteiger partial charge in [0, 0.05) is 16.7 Å². The Labute approximate surface area is 179 Å². The number of anilines is 1. The molecule has 0 radical (unpaired) electrons. The summed E-state index contributed by atoms with van der Waals surface area (Å²) in [6.45, 7) is 1.85. The number of halogens is 2. The molecule has 0 spiro atoms. The molecule has 10 heteroatoms. The molecule has 2 aromatic carbocycles. The third kappa shape index (κ3) is 3.62. The van der Waals surface area contributed by atoms with Gasteiger partial charge >= 0.3 is 0 Å². The van der Waals surface area contributed by atoms with Gasteiger partial charge in [-0.15, -0.1) is 0 Å². The Morgan fingerprint density at radius 1 is 1.13 bits per heavy atom. The molecule has 8 nitrogen and oxygen atoms in total. The molecule has 0 fully saturated rings. The van der Waals surface area contributed by atoms with Crippen LogP contribution in [0.3, 0.4) is 0 Å². The summed E-state index contributed by atoms with van der Waals surface area (Å²) in [6, 6.07) is 9.22. The second-order valence-corrected chi connectivity index (χ2v) is 7.18. The van der Waals surface area contributed by atoms with E-state index in [1.165, 1.54) is 12.1 Å². The average molecular weight is 446 g/mol. The molecule has 0 aliphatic rings. The van der Waals surface area contributed by atoms with E-state index in [0.717, 1.165) is 11.6 Å². The number of nitrogens with zero attached hydrogens (tertiary/aromatic N) is 2. The minimum atomic E-state index is -0.719. The van der Waals surface area contributed by atoms with Crippen molar-refractivity contribution in [1.82, 2.24) is 10.3 Å². The number of carbonyl (C=O) groups is 1. The van der Waals surface area contributed by atoms with Crippen LogP contribution < -0.4 is 15.5 Å². The monoisotopic (exact) mass is 445 g/mol. The number of ether oxygens (including phenoxy) is 1. The third-order valence-corrected chi connectivity index (χ3v) is 4.88. The van der Waals surface area contributed by atoms with Crippen molar-refractivity contribution in [3.05, 3.63) is 68.0 Å². The first-order valence-electron chi connectivity index (χ1n) is 8.59. The zero-order valence-electron chi connectivity index (χ0n) is 15.7. The van der Waals surface area contributed by atoms with Crippen LogP contribution in [0.1, 0.15) is 16.1 Å². The van der Waals surface area contributed by atoms with Gasteiger partial charge in [-0.25, -0.2) is 4.63 Å². The fraction of sp³-hybridized carbons (Fsp3) is 0.100. The van der Waals surface area contributed by atoms with Crippen LogP contribution in [0.5, 0.6) is 5.75 Å². The Hall–Kier alpha value is -3.36. The van der Waals surface area contributed by atoms with Crippen LogP contribution in [0.25, 0.3) is 22.2 Å². The molecule has 0 unspecified atom stereocenters. The van der Waals surface area contributed by atoms with Gasteiger partial charge in [0.2, 0.25) is 5.82 Å². The highest BCUT2D eigenvalue weighted by Crippen LogP contribution is 2.31. The van der Waals surface area contributed by atoms with Crippen molar-refractivity contribution in [2.45, 2.75) is 6.92 Å². The molecule has 2 heterocycles. The van der Waals surface area contributed by atoms with Crippen molar-refractivity contribution in [3.8, 4) is 17.0 Å². The maximum atomic E-state index is 12.7. The lowest BCUT2D eigenvalue weighted by Gasteiger charge is -2.08. The van der Waals surface area contributed by atoms with Crippen LogP contribution >= 0.6 is 23.2 Å².